The summed E-state index contributed by atoms with van der Waals surface area (Å²) < 4.78 is 5.21. The molecule has 122 valence electrons. The number of nitrogens with one attached hydrogen (secondary N) is 2. The quantitative estimate of drug-likeness (QED) is 0.815. The molecule has 1 aromatic rings. The molecule has 0 radical (unpaired) electrons. The lowest BCUT2D eigenvalue weighted by atomic mass is 10.0. The first-order valence-electron chi connectivity index (χ1n) is 7.81. The van der Waals surface area contributed by atoms with Gasteiger partial charge in [0.15, 0.2) is 0 Å². The van der Waals surface area contributed by atoms with Crippen molar-refractivity contribution in [2.24, 2.45) is 0 Å². The second-order valence-electron chi connectivity index (χ2n) is 6.50. The number of hydrogen-bond acceptors (Lipinski definition) is 4. The average Bonchev–Trinajstić information content (AvgIpc) is 2.45. The van der Waals surface area contributed by atoms with Gasteiger partial charge in [0, 0.05) is 24.1 Å². The normalized spacial score (nSPS) is 17.7. The number of carbonyl (C=O) groups is 1. The number of alkyl carbamates (subject to hydrolysis) is 1. The molecule has 2 N–H and O–H groups in total. The van der Waals surface area contributed by atoms with Crippen LogP contribution in [0.4, 0.5) is 4.79 Å². The van der Waals surface area contributed by atoms with Gasteiger partial charge in [0.05, 0.1) is 0 Å². The van der Waals surface area contributed by atoms with Crippen LogP contribution in [0.15, 0.2) is 24.3 Å². The standard InChI is InChI=1S/C17H26N2O2S/c1-17(2,3)21-16(20)19-10-6-9-18-15-12-22-11-13-7-4-5-8-14(13)15/h4-5,7-8,15,18H,6,9-12H2,1-3H3,(H,19,20). The van der Waals surface area contributed by atoms with Crippen LogP contribution < -0.4 is 10.6 Å². The fourth-order valence-corrected chi connectivity index (χ4v) is 3.55. The Hall–Kier alpha value is -1.20. The third-order valence-electron chi connectivity index (χ3n) is 3.39. The van der Waals surface area contributed by atoms with Crippen LogP contribution in [0.1, 0.15) is 44.4 Å². The summed E-state index contributed by atoms with van der Waals surface area (Å²) in [5.74, 6) is 2.21. The molecule has 4 nitrogen and oxygen atoms in total. The fraction of sp³-hybridized carbons (Fsp3) is 0.588. The van der Waals surface area contributed by atoms with Gasteiger partial charge >= 0.3 is 6.09 Å². The number of rotatable bonds is 5. The Morgan fingerprint density at radius 2 is 2.09 bits per heavy atom. The zero-order chi connectivity index (χ0) is 16.0. The van der Waals surface area contributed by atoms with E-state index >= 15 is 0 Å². The van der Waals surface area contributed by atoms with E-state index in [9.17, 15) is 4.79 Å². The highest BCUT2D eigenvalue weighted by Gasteiger charge is 2.19. The molecule has 1 heterocycles. The van der Waals surface area contributed by atoms with Crippen LogP contribution in [0, 0.1) is 0 Å². The van der Waals surface area contributed by atoms with E-state index in [-0.39, 0.29) is 6.09 Å². The number of ether oxygens (including phenoxy) is 1. The molecule has 5 heteroatoms. The molecule has 1 unspecified atom stereocenters. The van der Waals surface area contributed by atoms with Crippen molar-refractivity contribution >= 4 is 17.9 Å². The molecule has 0 spiro atoms. The molecule has 1 aliphatic heterocycles. The summed E-state index contributed by atoms with van der Waals surface area (Å²) in [5.41, 5.74) is 2.41. The highest BCUT2D eigenvalue weighted by molar-refractivity contribution is 7.98. The fourth-order valence-electron chi connectivity index (χ4n) is 2.42. The highest BCUT2D eigenvalue weighted by Crippen LogP contribution is 2.31. The van der Waals surface area contributed by atoms with Crippen LogP contribution in [0.2, 0.25) is 0 Å². The van der Waals surface area contributed by atoms with E-state index in [2.05, 4.69) is 34.9 Å². The van der Waals surface area contributed by atoms with Gasteiger partial charge < -0.3 is 15.4 Å². The van der Waals surface area contributed by atoms with Crippen molar-refractivity contribution in [3.63, 3.8) is 0 Å². The number of benzene rings is 1. The van der Waals surface area contributed by atoms with E-state index in [0.29, 0.717) is 12.6 Å². The monoisotopic (exact) mass is 322 g/mol. The van der Waals surface area contributed by atoms with Crippen LogP contribution in [0.3, 0.4) is 0 Å². The first-order chi connectivity index (χ1) is 10.5. The highest BCUT2D eigenvalue weighted by atomic mass is 32.2. The third kappa shape index (κ3) is 5.54. The summed E-state index contributed by atoms with van der Waals surface area (Å²) in [5, 5.41) is 6.38. The maximum atomic E-state index is 11.5. The van der Waals surface area contributed by atoms with Gasteiger partial charge in [-0.1, -0.05) is 24.3 Å². The summed E-state index contributed by atoms with van der Waals surface area (Å²) in [4.78, 5) is 11.5. The Morgan fingerprint density at radius 3 is 2.86 bits per heavy atom. The Bertz CT molecular complexity index is 500. The van der Waals surface area contributed by atoms with Crippen molar-refractivity contribution in [1.29, 1.82) is 0 Å². The predicted octanol–water partition coefficient (Wildman–Crippen LogP) is 3.48. The molecule has 1 aliphatic rings. The Morgan fingerprint density at radius 1 is 1.32 bits per heavy atom. The number of hydrogen-bond donors (Lipinski definition) is 2. The van der Waals surface area contributed by atoms with Crippen molar-refractivity contribution in [3.05, 3.63) is 35.4 Å². The SMILES string of the molecule is CC(C)(C)OC(=O)NCCCNC1CSCc2ccccc21. The minimum atomic E-state index is -0.439. The zero-order valence-corrected chi connectivity index (χ0v) is 14.5. The summed E-state index contributed by atoms with van der Waals surface area (Å²) in [7, 11) is 0. The molecule has 1 atom stereocenters. The average molecular weight is 322 g/mol. The molecule has 0 saturated carbocycles. The lowest BCUT2D eigenvalue weighted by molar-refractivity contribution is 0.0527. The lowest BCUT2D eigenvalue weighted by Crippen LogP contribution is -2.34. The van der Waals surface area contributed by atoms with Crippen LogP contribution in [0.25, 0.3) is 0 Å². The Kier molecular flexibility index (Phi) is 6.15. The van der Waals surface area contributed by atoms with Gasteiger partial charge in [-0.15, -0.1) is 0 Å². The summed E-state index contributed by atoms with van der Waals surface area (Å²) in [6.45, 7) is 7.11. The minimum Gasteiger partial charge on any atom is -0.444 e. The maximum absolute atomic E-state index is 11.5. The summed E-state index contributed by atoms with van der Waals surface area (Å²) >= 11 is 1.97. The van der Waals surface area contributed by atoms with Crippen molar-refractivity contribution in [2.75, 3.05) is 18.8 Å². The molecule has 0 bridgehead atoms. The van der Waals surface area contributed by atoms with E-state index in [4.69, 9.17) is 4.74 Å². The van der Waals surface area contributed by atoms with Crippen molar-refractivity contribution in [2.45, 2.75) is 44.6 Å². The van der Waals surface area contributed by atoms with E-state index in [1.165, 1.54) is 11.1 Å². The van der Waals surface area contributed by atoms with Crippen molar-refractivity contribution < 1.29 is 9.53 Å². The Balaban J connectivity index is 1.67. The van der Waals surface area contributed by atoms with E-state index in [1.54, 1.807) is 0 Å². The van der Waals surface area contributed by atoms with Gasteiger partial charge in [-0.05, 0) is 44.9 Å². The minimum absolute atomic E-state index is 0.342. The second-order valence-corrected chi connectivity index (χ2v) is 7.53. The van der Waals surface area contributed by atoms with Crippen LogP contribution in [-0.2, 0) is 10.5 Å². The third-order valence-corrected chi connectivity index (χ3v) is 4.47. The van der Waals surface area contributed by atoms with Crippen molar-refractivity contribution in [1.82, 2.24) is 10.6 Å². The molecule has 22 heavy (non-hydrogen) atoms. The van der Waals surface area contributed by atoms with Crippen LogP contribution in [-0.4, -0.2) is 30.5 Å². The van der Waals surface area contributed by atoms with Gasteiger partial charge in [0.1, 0.15) is 5.60 Å². The number of fused-ring (bicyclic) bond motifs is 1. The second kappa shape index (κ2) is 7.88. The molecule has 0 aliphatic carbocycles. The summed E-state index contributed by atoms with van der Waals surface area (Å²) in [6.07, 6.45) is 0.550. The van der Waals surface area contributed by atoms with Crippen LogP contribution >= 0.6 is 11.8 Å². The van der Waals surface area contributed by atoms with Crippen LogP contribution in [0.5, 0.6) is 0 Å². The largest absolute Gasteiger partial charge is 0.444 e. The number of carbonyl (C=O) groups excluding carboxylic acids is 1. The maximum Gasteiger partial charge on any atom is 0.407 e. The van der Waals surface area contributed by atoms with E-state index < -0.39 is 5.60 Å². The van der Waals surface area contributed by atoms with Gasteiger partial charge in [-0.25, -0.2) is 4.79 Å². The number of thioether (sulfide) groups is 1. The molecule has 0 saturated heterocycles. The van der Waals surface area contributed by atoms with Gasteiger partial charge in [-0.2, -0.15) is 11.8 Å². The molecule has 2 rings (SSSR count). The summed E-state index contributed by atoms with van der Waals surface area (Å²) in [6, 6.07) is 9.04. The van der Waals surface area contributed by atoms with Gasteiger partial charge in [-0.3, -0.25) is 0 Å². The molecule has 0 aromatic heterocycles. The molecule has 1 aromatic carbocycles. The van der Waals surface area contributed by atoms with Gasteiger partial charge in [0.25, 0.3) is 0 Å². The smallest absolute Gasteiger partial charge is 0.407 e. The molecule has 0 fully saturated rings. The predicted molar refractivity (Wildman–Crippen MR) is 92.2 cm³/mol. The lowest BCUT2D eigenvalue weighted by Gasteiger charge is -2.26. The first kappa shape index (κ1) is 17.2. The van der Waals surface area contributed by atoms with E-state index in [1.807, 2.05) is 32.5 Å². The molecule has 1 amide bonds. The van der Waals surface area contributed by atoms with E-state index in [0.717, 1.165) is 24.5 Å². The molecular weight excluding hydrogens is 296 g/mol. The van der Waals surface area contributed by atoms with Gasteiger partial charge in [0.2, 0.25) is 0 Å². The topological polar surface area (TPSA) is 50.4 Å². The Labute approximate surface area is 137 Å². The molecular formula is C17H26N2O2S. The first-order valence-corrected chi connectivity index (χ1v) is 8.97. The van der Waals surface area contributed by atoms with Crippen molar-refractivity contribution in [3.8, 4) is 0 Å². The number of amides is 1. The zero-order valence-electron chi connectivity index (χ0n) is 13.6.